The lowest BCUT2D eigenvalue weighted by Crippen LogP contribution is -2.01. The highest BCUT2D eigenvalue weighted by Crippen LogP contribution is 2.29. The molecule has 0 amide bonds. The fourth-order valence-electron chi connectivity index (χ4n) is 2.14. The minimum atomic E-state index is -0.820. The summed E-state index contributed by atoms with van der Waals surface area (Å²) in [4.78, 5) is 16.5. The number of halogens is 1. The Balaban J connectivity index is 2.17. The molecule has 4 nitrogen and oxygen atoms in total. The number of imidazole rings is 1. The summed E-state index contributed by atoms with van der Waals surface area (Å²) in [6.07, 6.45) is 2.26. The summed E-state index contributed by atoms with van der Waals surface area (Å²) in [6, 6.07) is 7.56. The third kappa shape index (κ3) is 2.42. The van der Waals surface area contributed by atoms with Crippen molar-refractivity contribution in [1.82, 2.24) is 9.38 Å². The molecule has 0 unspecified atom stereocenters. The molecule has 3 rings (SSSR count). The smallest absolute Gasteiger partial charge is 0.303 e. The second-order valence-electron chi connectivity index (χ2n) is 4.35. The number of fused-ring (bicyclic) bond motifs is 1. The number of hydrogen-bond acceptors (Lipinski definition) is 3. The van der Waals surface area contributed by atoms with Crippen LogP contribution < -0.4 is 0 Å². The van der Waals surface area contributed by atoms with E-state index in [9.17, 15) is 4.79 Å². The number of carbonyl (C=O) groups is 1. The van der Waals surface area contributed by atoms with E-state index in [2.05, 4.69) is 4.98 Å². The highest BCUT2D eigenvalue weighted by atomic mass is 35.5. The predicted octanol–water partition coefficient (Wildman–Crippen LogP) is 3.73. The largest absolute Gasteiger partial charge is 0.481 e. The average molecular weight is 307 g/mol. The second-order valence-corrected chi connectivity index (χ2v) is 5.74. The van der Waals surface area contributed by atoms with Gasteiger partial charge in [-0.05, 0) is 23.6 Å². The van der Waals surface area contributed by atoms with Crippen molar-refractivity contribution in [3.8, 4) is 10.6 Å². The molecule has 3 aromatic rings. The van der Waals surface area contributed by atoms with Crippen molar-refractivity contribution in [1.29, 1.82) is 0 Å². The van der Waals surface area contributed by atoms with E-state index in [4.69, 9.17) is 16.7 Å². The lowest BCUT2D eigenvalue weighted by molar-refractivity contribution is -0.136. The molecule has 20 heavy (non-hydrogen) atoms. The van der Waals surface area contributed by atoms with Crippen LogP contribution >= 0.6 is 22.9 Å². The van der Waals surface area contributed by atoms with E-state index >= 15 is 0 Å². The Hall–Kier alpha value is -1.85. The van der Waals surface area contributed by atoms with Crippen molar-refractivity contribution in [3.05, 3.63) is 46.6 Å². The highest BCUT2D eigenvalue weighted by Gasteiger charge is 2.15. The minimum absolute atomic E-state index is 0.0681. The number of carboxylic acids is 1. The molecule has 0 saturated heterocycles. The molecule has 6 heteroatoms. The summed E-state index contributed by atoms with van der Waals surface area (Å²) in [7, 11) is 0. The van der Waals surface area contributed by atoms with E-state index in [0.29, 0.717) is 11.4 Å². The van der Waals surface area contributed by atoms with Gasteiger partial charge in [0.1, 0.15) is 11.3 Å². The Morgan fingerprint density at radius 3 is 2.95 bits per heavy atom. The molecule has 0 atom stereocenters. The number of hydrogen-bond donors (Lipinski definition) is 1. The number of rotatable bonds is 4. The number of aromatic nitrogens is 2. The number of pyridine rings is 1. The molecule has 3 aromatic heterocycles. The van der Waals surface area contributed by atoms with Crippen molar-refractivity contribution in [2.24, 2.45) is 0 Å². The molecule has 0 saturated carbocycles. The lowest BCUT2D eigenvalue weighted by atomic mass is 10.2. The van der Waals surface area contributed by atoms with Gasteiger partial charge in [0.15, 0.2) is 0 Å². The lowest BCUT2D eigenvalue weighted by Gasteiger charge is -2.03. The zero-order valence-corrected chi connectivity index (χ0v) is 12.0. The van der Waals surface area contributed by atoms with Gasteiger partial charge in [-0.1, -0.05) is 17.7 Å². The quantitative estimate of drug-likeness (QED) is 0.799. The fraction of sp³-hybridized carbons (Fsp3) is 0.143. The molecule has 0 fully saturated rings. The fourth-order valence-corrected chi connectivity index (χ4v) is 3.04. The summed E-state index contributed by atoms with van der Waals surface area (Å²) in [5, 5.41) is 11.5. The molecule has 0 radical (unpaired) electrons. The maximum absolute atomic E-state index is 10.8. The molecule has 0 bridgehead atoms. The number of thiophene rings is 1. The standard InChI is InChI=1S/C14H11ClN2O2S/c15-9-3-5-12-16-14(11-2-1-7-20-11)10(17(12)8-9)4-6-13(18)19/h1-3,5,7-8H,4,6H2,(H,18,19). The van der Waals surface area contributed by atoms with Crippen LogP contribution in [0.25, 0.3) is 16.2 Å². The Bertz CT molecular complexity index is 765. The molecular formula is C14H11ClN2O2S. The molecule has 0 spiro atoms. The van der Waals surface area contributed by atoms with Crippen LogP contribution in [0.5, 0.6) is 0 Å². The molecule has 102 valence electrons. The van der Waals surface area contributed by atoms with Gasteiger partial charge >= 0.3 is 5.97 Å². The van der Waals surface area contributed by atoms with Crippen LogP contribution in [0.2, 0.25) is 5.02 Å². The van der Waals surface area contributed by atoms with Crippen molar-refractivity contribution in [2.45, 2.75) is 12.8 Å². The van der Waals surface area contributed by atoms with Crippen molar-refractivity contribution in [3.63, 3.8) is 0 Å². The van der Waals surface area contributed by atoms with E-state index in [1.54, 1.807) is 23.6 Å². The first-order valence-corrected chi connectivity index (χ1v) is 7.33. The van der Waals surface area contributed by atoms with Gasteiger partial charge in [-0.15, -0.1) is 11.3 Å². The predicted molar refractivity (Wildman–Crippen MR) is 79.5 cm³/mol. The van der Waals surface area contributed by atoms with Crippen LogP contribution in [-0.2, 0) is 11.2 Å². The topological polar surface area (TPSA) is 54.6 Å². The van der Waals surface area contributed by atoms with Gasteiger partial charge in [0.25, 0.3) is 0 Å². The van der Waals surface area contributed by atoms with E-state index < -0.39 is 5.97 Å². The molecule has 0 aliphatic carbocycles. The van der Waals surface area contributed by atoms with Gasteiger partial charge in [0, 0.05) is 12.6 Å². The Morgan fingerprint density at radius 2 is 2.25 bits per heavy atom. The molecule has 3 heterocycles. The highest BCUT2D eigenvalue weighted by molar-refractivity contribution is 7.13. The van der Waals surface area contributed by atoms with Gasteiger partial charge in [-0.2, -0.15) is 0 Å². The summed E-state index contributed by atoms with van der Waals surface area (Å²) in [6.45, 7) is 0. The Labute approximate surface area is 124 Å². The summed E-state index contributed by atoms with van der Waals surface area (Å²) in [5.41, 5.74) is 2.49. The average Bonchev–Trinajstić information content (AvgIpc) is 3.02. The van der Waals surface area contributed by atoms with Crippen LogP contribution in [0.15, 0.2) is 35.8 Å². The normalized spacial score (nSPS) is 11.1. The van der Waals surface area contributed by atoms with Gasteiger partial charge in [0.2, 0.25) is 0 Å². The maximum atomic E-state index is 10.8. The number of nitrogens with zero attached hydrogens (tertiary/aromatic N) is 2. The Morgan fingerprint density at radius 1 is 1.40 bits per heavy atom. The first kappa shape index (κ1) is 13.1. The van der Waals surface area contributed by atoms with Gasteiger partial charge in [0.05, 0.1) is 22.0 Å². The zero-order valence-electron chi connectivity index (χ0n) is 10.4. The summed E-state index contributed by atoms with van der Waals surface area (Å²) < 4.78 is 1.88. The monoisotopic (exact) mass is 306 g/mol. The SMILES string of the molecule is O=C(O)CCc1c(-c2cccs2)nc2ccc(Cl)cn12. The third-order valence-corrected chi connectivity index (χ3v) is 4.11. The number of aliphatic carboxylic acids is 1. The summed E-state index contributed by atoms with van der Waals surface area (Å²) in [5.74, 6) is -0.820. The third-order valence-electron chi connectivity index (χ3n) is 3.01. The van der Waals surface area contributed by atoms with Gasteiger partial charge in [-0.3, -0.25) is 4.79 Å². The van der Waals surface area contributed by atoms with Gasteiger partial charge < -0.3 is 9.51 Å². The van der Waals surface area contributed by atoms with Crippen molar-refractivity contribution < 1.29 is 9.90 Å². The second kappa shape index (κ2) is 5.26. The van der Waals surface area contributed by atoms with Crippen LogP contribution in [0.3, 0.4) is 0 Å². The first-order valence-electron chi connectivity index (χ1n) is 6.07. The molecule has 0 aromatic carbocycles. The first-order chi connectivity index (χ1) is 9.65. The van der Waals surface area contributed by atoms with E-state index in [0.717, 1.165) is 21.9 Å². The van der Waals surface area contributed by atoms with Crippen LogP contribution in [0.4, 0.5) is 0 Å². The van der Waals surface area contributed by atoms with Crippen molar-refractivity contribution >= 4 is 34.6 Å². The van der Waals surface area contributed by atoms with Crippen LogP contribution in [0.1, 0.15) is 12.1 Å². The maximum Gasteiger partial charge on any atom is 0.303 e. The van der Waals surface area contributed by atoms with E-state index in [1.165, 1.54) is 0 Å². The Kier molecular flexibility index (Phi) is 3.46. The molecule has 1 N–H and O–H groups in total. The molecule has 0 aliphatic heterocycles. The van der Waals surface area contributed by atoms with Crippen molar-refractivity contribution in [2.75, 3.05) is 0 Å². The van der Waals surface area contributed by atoms with Crippen LogP contribution in [0, 0.1) is 0 Å². The zero-order chi connectivity index (χ0) is 14.1. The number of aryl methyl sites for hydroxylation is 1. The van der Waals surface area contributed by atoms with E-state index in [1.807, 2.05) is 28.0 Å². The molecule has 0 aliphatic rings. The van der Waals surface area contributed by atoms with Crippen LogP contribution in [-0.4, -0.2) is 20.5 Å². The number of carboxylic acid groups (broad SMARTS) is 1. The summed E-state index contributed by atoms with van der Waals surface area (Å²) >= 11 is 7.61. The van der Waals surface area contributed by atoms with E-state index in [-0.39, 0.29) is 6.42 Å². The van der Waals surface area contributed by atoms with Gasteiger partial charge in [-0.25, -0.2) is 4.98 Å². The minimum Gasteiger partial charge on any atom is -0.481 e. The molecular weight excluding hydrogens is 296 g/mol.